The van der Waals surface area contributed by atoms with Crippen LogP contribution in [0.2, 0.25) is 0 Å². The molecular weight excluding hydrogens is 612 g/mol. The van der Waals surface area contributed by atoms with Gasteiger partial charge >= 0.3 is 29.8 Å². The Hall–Kier alpha value is -4.11. The van der Waals surface area contributed by atoms with Crippen LogP contribution in [0.15, 0.2) is 18.2 Å². The molecule has 2 saturated carbocycles. The Morgan fingerprint density at radius 3 is 2.15 bits per heavy atom. The van der Waals surface area contributed by atoms with E-state index in [1.165, 1.54) is 12.5 Å². The number of rotatable bonds is 7. The van der Waals surface area contributed by atoms with Crippen molar-refractivity contribution >= 4 is 29.8 Å². The summed E-state index contributed by atoms with van der Waals surface area (Å²) < 4.78 is 39.1. The van der Waals surface area contributed by atoms with E-state index < -0.39 is 60.2 Å². The van der Waals surface area contributed by atoms with Gasteiger partial charge in [-0.2, -0.15) is 0 Å². The first kappa shape index (κ1) is 34.2. The number of carbonyl (C=O) groups is 5. The van der Waals surface area contributed by atoms with Gasteiger partial charge in [0.25, 0.3) is 0 Å². The fourth-order valence-electron chi connectivity index (χ4n) is 8.62. The topological polar surface area (TPSA) is 150 Å². The summed E-state index contributed by atoms with van der Waals surface area (Å²) in [5, 5.41) is 0. The first-order valence-electron chi connectivity index (χ1n) is 16.0. The smallest absolute Gasteiger partial charge is 0.339 e. The maximum Gasteiger partial charge on any atom is 0.339 e. The van der Waals surface area contributed by atoms with Gasteiger partial charge in [-0.15, -0.1) is 6.42 Å². The van der Waals surface area contributed by atoms with Crippen molar-refractivity contribution in [3.8, 4) is 18.1 Å². The van der Waals surface area contributed by atoms with Gasteiger partial charge in [0, 0.05) is 33.1 Å². The number of methoxy groups -OCH3 is 1. The van der Waals surface area contributed by atoms with Gasteiger partial charge in [-0.1, -0.05) is 18.9 Å². The zero-order valence-corrected chi connectivity index (χ0v) is 27.6. The molecule has 0 N–H and O–H groups in total. The summed E-state index contributed by atoms with van der Waals surface area (Å²) in [6.45, 7) is 6.99. The molecule has 1 saturated heterocycles. The van der Waals surface area contributed by atoms with Gasteiger partial charge < -0.3 is 33.2 Å². The van der Waals surface area contributed by atoms with E-state index in [9.17, 15) is 24.0 Å². The molecule has 254 valence electrons. The molecule has 1 aliphatic heterocycles. The maximum atomic E-state index is 12.8. The summed E-state index contributed by atoms with van der Waals surface area (Å²) in [4.78, 5) is 61.1. The highest BCUT2D eigenvalue weighted by molar-refractivity contribution is 5.77. The van der Waals surface area contributed by atoms with Gasteiger partial charge in [0.2, 0.25) is 12.4 Å². The van der Waals surface area contributed by atoms with Crippen LogP contribution in [0.1, 0.15) is 83.8 Å². The number of esters is 5. The van der Waals surface area contributed by atoms with Crippen LogP contribution in [0.5, 0.6) is 5.75 Å². The van der Waals surface area contributed by atoms with Crippen LogP contribution >= 0.6 is 0 Å². The predicted molar refractivity (Wildman–Crippen MR) is 162 cm³/mol. The summed E-state index contributed by atoms with van der Waals surface area (Å²) in [5.74, 6) is 0.676. The second-order valence-electron chi connectivity index (χ2n) is 13.1. The van der Waals surface area contributed by atoms with Crippen molar-refractivity contribution in [1.82, 2.24) is 0 Å². The van der Waals surface area contributed by atoms with Crippen molar-refractivity contribution in [2.24, 2.45) is 17.3 Å². The fraction of sp³-hybridized carbons (Fsp3) is 0.629. The molecular formula is C35H42O12. The molecule has 1 heterocycles. The van der Waals surface area contributed by atoms with E-state index in [1.807, 2.05) is 12.1 Å². The van der Waals surface area contributed by atoms with Crippen LogP contribution in [-0.4, -0.2) is 73.3 Å². The van der Waals surface area contributed by atoms with E-state index in [0.717, 1.165) is 65.5 Å². The Balaban J connectivity index is 1.42. The Morgan fingerprint density at radius 1 is 0.872 bits per heavy atom. The number of fused-ring (bicyclic) bond motifs is 5. The van der Waals surface area contributed by atoms with Crippen LogP contribution in [0, 0.1) is 29.6 Å². The number of benzene rings is 1. The lowest BCUT2D eigenvalue weighted by atomic mass is 9.53. The van der Waals surface area contributed by atoms with E-state index in [0.29, 0.717) is 24.0 Å². The Kier molecular flexibility index (Phi) is 9.60. The van der Waals surface area contributed by atoms with Crippen molar-refractivity contribution in [1.29, 1.82) is 0 Å². The van der Waals surface area contributed by atoms with E-state index in [-0.39, 0.29) is 17.3 Å². The Labute approximate surface area is 274 Å². The molecule has 10 atom stereocenters. The van der Waals surface area contributed by atoms with Gasteiger partial charge in [-0.25, -0.2) is 4.79 Å². The number of aryl methyl sites for hydroxylation is 1. The molecule has 0 bridgehead atoms. The zero-order valence-electron chi connectivity index (χ0n) is 27.6. The van der Waals surface area contributed by atoms with E-state index in [4.69, 9.17) is 39.6 Å². The molecule has 1 aromatic rings. The zero-order chi connectivity index (χ0) is 34.3. The highest BCUT2D eigenvalue weighted by atomic mass is 16.7. The summed E-state index contributed by atoms with van der Waals surface area (Å²) in [6, 6.07) is 5.71. The average molecular weight is 655 g/mol. The number of hydrogen-bond acceptors (Lipinski definition) is 12. The van der Waals surface area contributed by atoms with Gasteiger partial charge in [0.15, 0.2) is 23.9 Å². The lowest BCUT2D eigenvalue weighted by Gasteiger charge is -2.52. The lowest BCUT2D eigenvalue weighted by Crippen LogP contribution is -2.64. The number of hydrogen-bond donors (Lipinski definition) is 0. The third-order valence-corrected chi connectivity index (χ3v) is 10.5. The molecule has 0 amide bonds. The van der Waals surface area contributed by atoms with Crippen LogP contribution in [0.3, 0.4) is 0 Å². The van der Waals surface area contributed by atoms with Crippen LogP contribution in [-0.2, 0) is 58.8 Å². The molecule has 47 heavy (non-hydrogen) atoms. The second kappa shape index (κ2) is 13.2. The van der Waals surface area contributed by atoms with Gasteiger partial charge in [0.05, 0.1) is 7.11 Å². The minimum Gasteiger partial charge on any atom is -0.467 e. The molecule has 3 fully saturated rings. The first-order chi connectivity index (χ1) is 22.2. The third kappa shape index (κ3) is 6.30. The molecule has 4 aliphatic rings. The van der Waals surface area contributed by atoms with E-state index in [2.05, 4.69) is 12.8 Å². The molecule has 12 nitrogen and oxygen atoms in total. The molecule has 3 aliphatic carbocycles. The Bertz CT molecular complexity index is 1480. The highest BCUT2D eigenvalue weighted by Gasteiger charge is 2.63. The average Bonchev–Trinajstić information content (AvgIpc) is 3.30. The molecule has 12 heteroatoms. The summed E-state index contributed by atoms with van der Waals surface area (Å²) >= 11 is 0. The summed E-state index contributed by atoms with van der Waals surface area (Å²) in [5.41, 5.74) is 1.10. The molecule has 0 unspecified atom stereocenters. The van der Waals surface area contributed by atoms with Crippen molar-refractivity contribution < 1.29 is 57.1 Å². The Morgan fingerprint density at radius 2 is 1.53 bits per heavy atom. The van der Waals surface area contributed by atoms with Gasteiger partial charge in [-0.05, 0) is 79.5 Å². The third-order valence-electron chi connectivity index (χ3n) is 10.5. The van der Waals surface area contributed by atoms with Crippen LogP contribution in [0.25, 0.3) is 0 Å². The van der Waals surface area contributed by atoms with Crippen LogP contribution in [0.4, 0.5) is 0 Å². The minimum absolute atomic E-state index is 0.290. The van der Waals surface area contributed by atoms with Crippen LogP contribution < -0.4 is 4.74 Å². The number of ether oxygens (including phenoxy) is 7. The molecule has 1 aromatic carbocycles. The highest BCUT2D eigenvalue weighted by Crippen LogP contribution is 2.65. The SMILES string of the molecule is C#C[C@]1(OC(C)=O)CC[C@@H]2[C@@H]3CCc4cc(O[C@H]5O[C@H](C(=O)OC)[C@@H](OC(C)=O)[C@H](OC(C)=O)[C@H]5OC(C)=O)ccc4[C@@H]3CC[C@@]21C. The number of carbonyl (C=O) groups excluding carboxylic acids is 5. The normalized spacial score (nSPS) is 35.4. The number of terminal acetylenes is 1. The second-order valence-corrected chi connectivity index (χ2v) is 13.1. The minimum atomic E-state index is -1.55. The van der Waals surface area contributed by atoms with E-state index in [1.54, 1.807) is 6.07 Å². The summed E-state index contributed by atoms with van der Waals surface area (Å²) in [6.07, 6.45) is 3.68. The van der Waals surface area contributed by atoms with Gasteiger partial charge in [0.1, 0.15) is 5.75 Å². The molecule has 0 spiro atoms. The summed E-state index contributed by atoms with van der Waals surface area (Å²) in [7, 11) is 1.13. The molecule has 5 rings (SSSR count). The van der Waals surface area contributed by atoms with Crippen molar-refractivity contribution in [3.63, 3.8) is 0 Å². The van der Waals surface area contributed by atoms with E-state index >= 15 is 0 Å². The maximum absolute atomic E-state index is 12.8. The van der Waals surface area contributed by atoms with Crippen molar-refractivity contribution in [3.05, 3.63) is 29.3 Å². The van der Waals surface area contributed by atoms with Crippen molar-refractivity contribution in [2.75, 3.05) is 7.11 Å². The molecule has 0 radical (unpaired) electrons. The first-order valence-corrected chi connectivity index (χ1v) is 16.0. The van der Waals surface area contributed by atoms with Gasteiger partial charge in [-0.3, -0.25) is 19.2 Å². The largest absolute Gasteiger partial charge is 0.467 e. The lowest BCUT2D eigenvalue weighted by molar-refractivity contribution is -0.282. The monoisotopic (exact) mass is 654 g/mol. The standard InChI is InChI=1S/C35H42O12/c1-8-35(47-21(5)39)16-14-27-26-11-9-22-17-23(10-12-24(22)25(26)13-15-34(27,35)6)45-33-31(44-20(4)38)29(43-19(3)37)28(42-18(2)36)30(46-33)32(40)41-7/h1,10,12,17,25-31,33H,9,11,13-16H2,2-7H3/t25-,26+,27+,28-,29-,30-,31+,33-,34-,35-/m0/s1. The predicted octanol–water partition coefficient (Wildman–Crippen LogP) is 3.55. The fourth-order valence-corrected chi connectivity index (χ4v) is 8.62. The van der Waals surface area contributed by atoms with Crippen molar-refractivity contribution in [2.45, 2.75) is 115 Å². The quantitative estimate of drug-likeness (QED) is 0.240. The molecule has 0 aromatic heterocycles.